The second kappa shape index (κ2) is 9.42. The zero-order chi connectivity index (χ0) is 12.3. The molecule has 0 spiro atoms. The third-order valence-electron chi connectivity index (χ3n) is 3.40. The second-order valence-corrected chi connectivity index (χ2v) is 4.87. The van der Waals surface area contributed by atoms with Gasteiger partial charge in [0.2, 0.25) is 5.91 Å². The molecule has 0 aromatic heterocycles. The van der Waals surface area contributed by atoms with Gasteiger partial charge in [-0.25, -0.2) is 0 Å². The number of aliphatic hydroxyl groups is 1. The van der Waals surface area contributed by atoms with Crippen molar-refractivity contribution in [2.75, 3.05) is 26.2 Å². The molecule has 0 saturated carbocycles. The number of carbonyl (C=O) groups is 1. The molecular weight excluding hydrogens is 216 g/mol. The summed E-state index contributed by atoms with van der Waals surface area (Å²) >= 11 is 0. The lowest BCUT2D eigenvalue weighted by molar-refractivity contribution is -0.121. The molecule has 0 aromatic carbocycles. The van der Waals surface area contributed by atoms with Gasteiger partial charge in [0.15, 0.2) is 0 Å². The average Bonchev–Trinajstić information content (AvgIpc) is 2.37. The molecule has 0 aromatic rings. The molecule has 1 heterocycles. The maximum atomic E-state index is 11.5. The van der Waals surface area contributed by atoms with E-state index >= 15 is 0 Å². The van der Waals surface area contributed by atoms with Crippen molar-refractivity contribution in [3.8, 4) is 0 Å². The zero-order valence-electron chi connectivity index (χ0n) is 10.7. The maximum absolute atomic E-state index is 11.5. The van der Waals surface area contributed by atoms with Gasteiger partial charge in [-0.2, -0.15) is 0 Å². The van der Waals surface area contributed by atoms with Crippen molar-refractivity contribution >= 4 is 5.91 Å². The number of hydrogen-bond acceptors (Lipinski definition) is 3. The van der Waals surface area contributed by atoms with Crippen LogP contribution in [0.3, 0.4) is 0 Å². The predicted octanol–water partition coefficient (Wildman–Crippen LogP) is 1.04. The molecule has 100 valence electrons. The van der Waals surface area contributed by atoms with Crippen molar-refractivity contribution in [1.82, 2.24) is 10.6 Å². The van der Waals surface area contributed by atoms with Crippen LogP contribution in [0.25, 0.3) is 0 Å². The van der Waals surface area contributed by atoms with E-state index in [2.05, 4.69) is 10.6 Å². The molecular formula is C13H26N2O2. The van der Waals surface area contributed by atoms with Gasteiger partial charge in [-0.3, -0.25) is 4.79 Å². The molecule has 1 aliphatic rings. The molecule has 4 heteroatoms. The Balaban J connectivity index is 1.93. The Morgan fingerprint density at radius 3 is 2.71 bits per heavy atom. The monoisotopic (exact) mass is 242 g/mol. The number of rotatable bonds is 8. The van der Waals surface area contributed by atoms with Gasteiger partial charge in [0.05, 0.1) is 0 Å². The third kappa shape index (κ3) is 7.34. The fourth-order valence-corrected chi connectivity index (χ4v) is 2.24. The van der Waals surface area contributed by atoms with Crippen LogP contribution in [0.2, 0.25) is 0 Å². The van der Waals surface area contributed by atoms with Gasteiger partial charge < -0.3 is 15.7 Å². The van der Waals surface area contributed by atoms with Crippen LogP contribution in [0, 0.1) is 5.92 Å². The van der Waals surface area contributed by atoms with Gasteiger partial charge in [-0.1, -0.05) is 0 Å². The van der Waals surface area contributed by atoms with Crippen molar-refractivity contribution in [1.29, 1.82) is 0 Å². The predicted molar refractivity (Wildman–Crippen MR) is 68.8 cm³/mol. The zero-order valence-corrected chi connectivity index (χ0v) is 10.7. The second-order valence-electron chi connectivity index (χ2n) is 4.87. The number of carbonyl (C=O) groups excluding carboxylic acids is 1. The number of hydrogen-bond donors (Lipinski definition) is 3. The largest absolute Gasteiger partial charge is 0.396 e. The van der Waals surface area contributed by atoms with E-state index in [0.717, 1.165) is 51.2 Å². The molecule has 0 bridgehead atoms. The summed E-state index contributed by atoms with van der Waals surface area (Å²) in [6.45, 7) is 3.22. The lowest BCUT2D eigenvalue weighted by atomic mass is 9.93. The summed E-state index contributed by atoms with van der Waals surface area (Å²) in [5.41, 5.74) is 0. The first-order valence-corrected chi connectivity index (χ1v) is 6.91. The third-order valence-corrected chi connectivity index (χ3v) is 3.40. The topological polar surface area (TPSA) is 61.4 Å². The van der Waals surface area contributed by atoms with Gasteiger partial charge in [0, 0.05) is 19.6 Å². The van der Waals surface area contributed by atoms with E-state index < -0.39 is 0 Å². The minimum absolute atomic E-state index is 0.188. The van der Waals surface area contributed by atoms with Gasteiger partial charge in [0.1, 0.15) is 0 Å². The van der Waals surface area contributed by atoms with Crippen LogP contribution in [0.15, 0.2) is 0 Å². The molecule has 17 heavy (non-hydrogen) atoms. The Hall–Kier alpha value is -0.610. The van der Waals surface area contributed by atoms with E-state index in [1.165, 1.54) is 12.8 Å². The highest BCUT2D eigenvalue weighted by molar-refractivity contribution is 5.75. The van der Waals surface area contributed by atoms with E-state index in [9.17, 15) is 4.79 Å². The first kappa shape index (κ1) is 14.5. The molecule has 0 aliphatic carbocycles. The first-order chi connectivity index (χ1) is 8.33. The summed E-state index contributed by atoms with van der Waals surface area (Å²) in [4.78, 5) is 11.5. The average molecular weight is 242 g/mol. The van der Waals surface area contributed by atoms with Crippen molar-refractivity contribution in [3.05, 3.63) is 0 Å². The summed E-state index contributed by atoms with van der Waals surface area (Å²) in [7, 11) is 0. The molecule has 0 radical (unpaired) electrons. The molecule has 4 nitrogen and oxygen atoms in total. The van der Waals surface area contributed by atoms with Crippen molar-refractivity contribution in [3.63, 3.8) is 0 Å². The highest BCUT2D eigenvalue weighted by Crippen LogP contribution is 2.17. The maximum Gasteiger partial charge on any atom is 0.220 e. The van der Waals surface area contributed by atoms with Gasteiger partial charge in [0.25, 0.3) is 0 Å². The molecule has 3 N–H and O–H groups in total. The molecule has 1 aliphatic heterocycles. The Morgan fingerprint density at radius 1 is 1.24 bits per heavy atom. The first-order valence-electron chi connectivity index (χ1n) is 6.91. The van der Waals surface area contributed by atoms with Crippen LogP contribution in [0.5, 0.6) is 0 Å². The highest BCUT2D eigenvalue weighted by Gasteiger charge is 2.14. The van der Waals surface area contributed by atoms with E-state index in [1.807, 2.05) is 0 Å². The van der Waals surface area contributed by atoms with Crippen LogP contribution in [0.1, 0.15) is 44.9 Å². The number of amides is 1. The van der Waals surface area contributed by atoms with E-state index in [-0.39, 0.29) is 12.5 Å². The summed E-state index contributed by atoms with van der Waals surface area (Å²) in [6, 6.07) is 0. The van der Waals surface area contributed by atoms with E-state index in [4.69, 9.17) is 5.11 Å². The van der Waals surface area contributed by atoms with Crippen LogP contribution in [0.4, 0.5) is 0 Å². The highest BCUT2D eigenvalue weighted by atomic mass is 16.2. The number of nitrogens with one attached hydrogen (secondary N) is 2. The number of piperidine rings is 1. The Morgan fingerprint density at radius 2 is 2.00 bits per heavy atom. The van der Waals surface area contributed by atoms with Crippen LogP contribution >= 0.6 is 0 Å². The fraction of sp³-hybridized carbons (Fsp3) is 0.923. The molecule has 0 unspecified atom stereocenters. The van der Waals surface area contributed by atoms with Crippen molar-refractivity contribution in [2.24, 2.45) is 5.92 Å². The van der Waals surface area contributed by atoms with Crippen LogP contribution in [-0.4, -0.2) is 37.3 Å². The van der Waals surface area contributed by atoms with Crippen molar-refractivity contribution in [2.45, 2.75) is 44.9 Å². The minimum Gasteiger partial charge on any atom is -0.396 e. The molecule has 1 fully saturated rings. The van der Waals surface area contributed by atoms with Gasteiger partial charge in [-0.05, 0) is 57.5 Å². The van der Waals surface area contributed by atoms with Gasteiger partial charge in [-0.15, -0.1) is 0 Å². The summed E-state index contributed by atoms with van der Waals surface area (Å²) in [5, 5.41) is 14.9. The van der Waals surface area contributed by atoms with E-state index in [0.29, 0.717) is 6.42 Å². The molecule has 1 amide bonds. The minimum atomic E-state index is 0.188. The molecule has 1 saturated heterocycles. The standard InChI is InChI=1S/C13H26N2O2/c16-11-3-1-2-8-15-13(17)5-4-12-6-9-14-10-7-12/h12,14,16H,1-11H2,(H,15,17). The SMILES string of the molecule is O=C(CCC1CCNCC1)NCCCCCO. The van der Waals surface area contributed by atoms with E-state index in [1.54, 1.807) is 0 Å². The number of unbranched alkanes of at least 4 members (excludes halogenated alkanes) is 2. The van der Waals surface area contributed by atoms with Crippen LogP contribution < -0.4 is 10.6 Å². The number of aliphatic hydroxyl groups excluding tert-OH is 1. The normalized spacial score (nSPS) is 17.0. The summed E-state index contributed by atoms with van der Waals surface area (Å²) in [5.74, 6) is 0.920. The lowest BCUT2D eigenvalue weighted by Gasteiger charge is -2.22. The smallest absolute Gasteiger partial charge is 0.220 e. The van der Waals surface area contributed by atoms with Gasteiger partial charge >= 0.3 is 0 Å². The Labute approximate surface area is 104 Å². The van der Waals surface area contributed by atoms with Crippen molar-refractivity contribution < 1.29 is 9.90 Å². The lowest BCUT2D eigenvalue weighted by Crippen LogP contribution is -2.29. The summed E-state index contributed by atoms with van der Waals surface area (Å²) in [6.07, 6.45) is 6.93. The fourth-order valence-electron chi connectivity index (χ4n) is 2.24. The Bertz CT molecular complexity index is 204. The molecule has 0 atom stereocenters. The molecule has 1 rings (SSSR count). The quantitative estimate of drug-likeness (QED) is 0.557. The summed E-state index contributed by atoms with van der Waals surface area (Å²) < 4.78 is 0. The van der Waals surface area contributed by atoms with Crippen LogP contribution in [-0.2, 0) is 4.79 Å². The Kier molecular flexibility index (Phi) is 8.01.